The molecule has 2 rings (SSSR count). The Morgan fingerprint density at radius 3 is 2.68 bits per heavy atom. The molecule has 0 bridgehead atoms. The highest BCUT2D eigenvalue weighted by atomic mass is 15.2. The molecular formula is C14H15N5. The second-order valence-electron chi connectivity index (χ2n) is 4.25. The summed E-state index contributed by atoms with van der Waals surface area (Å²) in [6.45, 7) is 6.83. The zero-order valence-corrected chi connectivity index (χ0v) is 11.2. The smallest absolute Gasteiger partial charge is 0.151 e. The lowest BCUT2D eigenvalue weighted by molar-refractivity contribution is 0.985. The van der Waals surface area contributed by atoms with Gasteiger partial charge in [-0.25, -0.2) is 0 Å². The molecule has 0 aliphatic heterocycles. The van der Waals surface area contributed by atoms with E-state index in [1.807, 2.05) is 20.8 Å². The lowest BCUT2D eigenvalue weighted by Gasteiger charge is -2.11. The molecule has 0 aliphatic rings. The topological polar surface area (TPSA) is 74.5 Å². The predicted molar refractivity (Wildman–Crippen MR) is 73.6 cm³/mol. The van der Waals surface area contributed by atoms with E-state index in [-0.39, 0.29) is 0 Å². The van der Waals surface area contributed by atoms with Gasteiger partial charge in [0.25, 0.3) is 0 Å². The number of nitrogens with zero attached hydrogens (tertiary/aromatic N) is 4. The molecule has 0 fully saturated rings. The van der Waals surface area contributed by atoms with Crippen LogP contribution in [0.25, 0.3) is 11.3 Å². The van der Waals surface area contributed by atoms with Crippen LogP contribution in [0, 0.1) is 25.2 Å². The molecule has 0 aromatic carbocycles. The van der Waals surface area contributed by atoms with Crippen molar-refractivity contribution in [1.29, 1.82) is 5.26 Å². The predicted octanol–water partition coefficient (Wildman–Crippen LogP) is 2.46. The zero-order chi connectivity index (χ0) is 13.8. The van der Waals surface area contributed by atoms with E-state index in [0.717, 1.165) is 34.7 Å². The number of anilines is 1. The third-order valence-corrected chi connectivity index (χ3v) is 3.01. The first kappa shape index (κ1) is 13.0. The van der Waals surface area contributed by atoms with Crippen LogP contribution in [0.2, 0.25) is 0 Å². The quantitative estimate of drug-likeness (QED) is 0.909. The number of aromatic nitrogens is 3. The number of pyridine rings is 1. The largest absolute Gasteiger partial charge is 0.369 e. The third-order valence-electron chi connectivity index (χ3n) is 3.01. The van der Waals surface area contributed by atoms with E-state index in [4.69, 9.17) is 5.26 Å². The van der Waals surface area contributed by atoms with Gasteiger partial charge in [0, 0.05) is 24.5 Å². The Balaban J connectivity index is 2.51. The Morgan fingerprint density at radius 2 is 2.00 bits per heavy atom. The van der Waals surface area contributed by atoms with E-state index >= 15 is 0 Å². The fraction of sp³-hybridized carbons (Fsp3) is 0.286. The van der Waals surface area contributed by atoms with Crippen LogP contribution in [0.5, 0.6) is 0 Å². The molecule has 0 unspecified atom stereocenters. The van der Waals surface area contributed by atoms with Crippen molar-refractivity contribution >= 4 is 5.82 Å². The van der Waals surface area contributed by atoms with Crippen LogP contribution in [0.3, 0.4) is 0 Å². The van der Waals surface area contributed by atoms with Crippen molar-refractivity contribution in [2.24, 2.45) is 0 Å². The first-order valence-corrected chi connectivity index (χ1v) is 6.10. The monoisotopic (exact) mass is 253 g/mol. The van der Waals surface area contributed by atoms with Gasteiger partial charge in [-0.2, -0.15) is 5.26 Å². The molecule has 19 heavy (non-hydrogen) atoms. The number of hydrogen-bond acceptors (Lipinski definition) is 5. The van der Waals surface area contributed by atoms with E-state index in [1.54, 1.807) is 12.3 Å². The van der Waals surface area contributed by atoms with Gasteiger partial charge in [-0.05, 0) is 38.0 Å². The molecule has 5 nitrogen and oxygen atoms in total. The lowest BCUT2D eigenvalue weighted by atomic mass is 10.0. The van der Waals surface area contributed by atoms with E-state index < -0.39 is 0 Å². The molecule has 0 saturated carbocycles. The van der Waals surface area contributed by atoms with E-state index in [2.05, 4.69) is 26.6 Å². The van der Waals surface area contributed by atoms with Gasteiger partial charge in [-0.1, -0.05) is 0 Å². The number of hydrogen-bond donors (Lipinski definition) is 1. The molecule has 0 aliphatic carbocycles. The van der Waals surface area contributed by atoms with Crippen molar-refractivity contribution in [3.8, 4) is 17.3 Å². The minimum atomic E-state index is 0.520. The molecule has 0 atom stereocenters. The second kappa shape index (κ2) is 5.44. The summed E-state index contributed by atoms with van der Waals surface area (Å²) >= 11 is 0. The molecule has 2 heterocycles. The average Bonchev–Trinajstić information content (AvgIpc) is 2.44. The maximum absolute atomic E-state index is 8.91. The molecular weight excluding hydrogens is 238 g/mol. The van der Waals surface area contributed by atoms with Crippen LogP contribution in [-0.4, -0.2) is 21.7 Å². The zero-order valence-electron chi connectivity index (χ0n) is 11.2. The SMILES string of the molecule is CCNc1nnc(-c2cncc(C#N)c2)c(C)c1C. The van der Waals surface area contributed by atoms with Crippen LogP contribution in [0.15, 0.2) is 18.5 Å². The van der Waals surface area contributed by atoms with Crippen molar-refractivity contribution in [1.82, 2.24) is 15.2 Å². The molecule has 1 N–H and O–H groups in total. The van der Waals surface area contributed by atoms with Crippen LogP contribution in [0.1, 0.15) is 23.6 Å². The number of nitrogens with one attached hydrogen (secondary N) is 1. The molecule has 96 valence electrons. The number of rotatable bonds is 3. The summed E-state index contributed by atoms with van der Waals surface area (Å²) in [5.74, 6) is 0.799. The van der Waals surface area contributed by atoms with E-state index in [0.29, 0.717) is 5.56 Å². The van der Waals surface area contributed by atoms with Gasteiger partial charge >= 0.3 is 0 Å². The standard InChI is InChI=1S/C14H15N5/c1-4-17-14-10(3)9(2)13(18-19-14)12-5-11(6-15)7-16-8-12/h5,7-8H,4H2,1-3H3,(H,17,19). The van der Waals surface area contributed by atoms with Crippen LogP contribution in [0.4, 0.5) is 5.82 Å². The summed E-state index contributed by atoms with van der Waals surface area (Å²) in [6.07, 6.45) is 3.23. The fourth-order valence-corrected chi connectivity index (χ4v) is 1.85. The molecule has 2 aromatic heterocycles. The van der Waals surface area contributed by atoms with Crippen molar-refractivity contribution in [2.45, 2.75) is 20.8 Å². The van der Waals surface area contributed by atoms with Crippen molar-refractivity contribution in [3.05, 3.63) is 35.2 Å². The fourth-order valence-electron chi connectivity index (χ4n) is 1.85. The Kier molecular flexibility index (Phi) is 3.71. The summed E-state index contributed by atoms with van der Waals surface area (Å²) in [7, 11) is 0. The highest BCUT2D eigenvalue weighted by molar-refractivity contribution is 5.66. The first-order chi connectivity index (χ1) is 9.17. The van der Waals surface area contributed by atoms with Crippen LogP contribution in [-0.2, 0) is 0 Å². The summed E-state index contributed by atoms with van der Waals surface area (Å²) in [5, 5.41) is 20.5. The van der Waals surface area contributed by atoms with Gasteiger partial charge in [0.1, 0.15) is 6.07 Å². The van der Waals surface area contributed by atoms with E-state index in [1.165, 1.54) is 6.20 Å². The molecule has 0 amide bonds. The summed E-state index contributed by atoms with van der Waals surface area (Å²) in [4.78, 5) is 4.06. The van der Waals surface area contributed by atoms with E-state index in [9.17, 15) is 0 Å². The van der Waals surface area contributed by atoms with Crippen molar-refractivity contribution in [3.63, 3.8) is 0 Å². The maximum atomic E-state index is 8.91. The average molecular weight is 253 g/mol. The second-order valence-corrected chi connectivity index (χ2v) is 4.25. The van der Waals surface area contributed by atoms with Crippen LogP contribution < -0.4 is 5.32 Å². The van der Waals surface area contributed by atoms with Crippen molar-refractivity contribution in [2.75, 3.05) is 11.9 Å². The summed E-state index contributed by atoms with van der Waals surface area (Å²) < 4.78 is 0. The van der Waals surface area contributed by atoms with Crippen molar-refractivity contribution < 1.29 is 0 Å². The van der Waals surface area contributed by atoms with Gasteiger partial charge in [-0.15, -0.1) is 10.2 Å². The lowest BCUT2D eigenvalue weighted by Crippen LogP contribution is -2.06. The maximum Gasteiger partial charge on any atom is 0.151 e. The summed E-state index contributed by atoms with van der Waals surface area (Å²) in [5.41, 5.74) is 4.21. The Labute approximate surface area is 112 Å². The molecule has 2 aromatic rings. The highest BCUT2D eigenvalue weighted by Gasteiger charge is 2.11. The Morgan fingerprint density at radius 1 is 1.21 bits per heavy atom. The molecule has 5 heteroatoms. The minimum Gasteiger partial charge on any atom is -0.369 e. The third kappa shape index (κ3) is 2.52. The molecule has 0 saturated heterocycles. The molecule has 0 radical (unpaired) electrons. The summed E-state index contributed by atoms with van der Waals surface area (Å²) in [6, 6.07) is 3.85. The van der Waals surface area contributed by atoms with Gasteiger partial charge < -0.3 is 5.32 Å². The Bertz CT molecular complexity index is 643. The minimum absolute atomic E-state index is 0.520. The van der Waals surface area contributed by atoms with Gasteiger partial charge in [-0.3, -0.25) is 4.98 Å². The van der Waals surface area contributed by atoms with Gasteiger partial charge in [0.05, 0.1) is 11.3 Å². The van der Waals surface area contributed by atoms with Gasteiger partial charge in [0.15, 0.2) is 5.82 Å². The highest BCUT2D eigenvalue weighted by Crippen LogP contribution is 2.25. The Hall–Kier alpha value is -2.48. The normalized spacial score (nSPS) is 10.0. The van der Waals surface area contributed by atoms with Gasteiger partial charge in [0.2, 0.25) is 0 Å². The number of nitriles is 1. The first-order valence-electron chi connectivity index (χ1n) is 6.10. The molecule has 0 spiro atoms. The van der Waals surface area contributed by atoms with Crippen LogP contribution >= 0.6 is 0 Å².